The van der Waals surface area contributed by atoms with Crippen molar-refractivity contribution in [2.75, 3.05) is 0 Å². The highest BCUT2D eigenvalue weighted by molar-refractivity contribution is 5.89. The van der Waals surface area contributed by atoms with Gasteiger partial charge in [0.25, 0.3) is 0 Å². The summed E-state index contributed by atoms with van der Waals surface area (Å²) in [5.74, 6) is -1.03. The van der Waals surface area contributed by atoms with E-state index in [9.17, 15) is 14.4 Å². The number of benzene rings is 1. The molecule has 1 rings (SSSR count). The maximum atomic E-state index is 11.8. The zero-order valence-corrected chi connectivity index (χ0v) is 11.6. The van der Waals surface area contributed by atoms with E-state index in [4.69, 9.17) is 9.47 Å². The van der Waals surface area contributed by atoms with Crippen LogP contribution in [0.2, 0.25) is 0 Å². The number of aryl methyl sites for hydroxylation is 1. The molecule has 5 heteroatoms. The summed E-state index contributed by atoms with van der Waals surface area (Å²) in [6.07, 6.45) is -0.333. The van der Waals surface area contributed by atoms with E-state index in [1.807, 2.05) is 0 Å². The summed E-state index contributed by atoms with van der Waals surface area (Å²) in [5.41, 5.74) is 1.33. The molecule has 0 saturated carbocycles. The van der Waals surface area contributed by atoms with Crippen LogP contribution in [0.4, 0.5) is 0 Å². The summed E-state index contributed by atoms with van der Waals surface area (Å²) in [6, 6.07) is 4.65. The van der Waals surface area contributed by atoms with E-state index in [-0.39, 0.29) is 5.57 Å². The van der Waals surface area contributed by atoms with Crippen molar-refractivity contribution in [2.45, 2.75) is 26.9 Å². The SMILES string of the molecule is C=C(C)C(=O)OC(C)C(=O)Oc1ccc(C=O)cc1C. The second kappa shape index (κ2) is 6.65. The van der Waals surface area contributed by atoms with Gasteiger partial charge in [0, 0.05) is 11.1 Å². The molecule has 0 amide bonds. The minimum absolute atomic E-state index is 0.205. The summed E-state index contributed by atoms with van der Waals surface area (Å²) in [6.45, 7) is 8.04. The Labute approximate surface area is 117 Å². The first-order valence-electron chi connectivity index (χ1n) is 5.99. The molecule has 0 fully saturated rings. The zero-order valence-electron chi connectivity index (χ0n) is 11.6. The van der Waals surface area contributed by atoms with E-state index in [1.165, 1.54) is 26.0 Å². The van der Waals surface area contributed by atoms with Gasteiger partial charge in [-0.1, -0.05) is 6.58 Å². The first kappa shape index (κ1) is 15.6. The van der Waals surface area contributed by atoms with E-state index < -0.39 is 18.0 Å². The average molecular weight is 276 g/mol. The van der Waals surface area contributed by atoms with Gasteiger partial charge in [0.1, 0.15) is 12.0 Å². The van der Waals surface area contributed by atoms with Crippen LogP contribution in [-0.2, 0) is 14.3 Å². The Morgan fingerprint density at radius 2 is 2.00 bits per heavy atom. The Morgan fingerprint density at radius 1 is 1.35 bits per heavy atom. The summed E-state index contributed by atoms with van der Waals surface area (Å²) in [5, 5.41) is 0. The van der Waals surface area contributed by atoms with Crippen molar-refractivity contribution < 1.29 is 23.9 Å². The van der Waals surface area contributed by atoms with Gasteiger partial charge in [-0.25, -0.2) is 9.59 Å². The van der Waals surface area contributed by atoms with Gasteiger partial charge in [-0.15, -0.1) is 0 Å². The van der Waals surface area contributed by atoms with Gasteiger partial charge in [-0.05, 0) is 44.5 Å². The van der Waals surface area contributed by atoms with Gasteiger partial charge < -0.3 is 9.47 Å². The molecule has 0 aliphatic rings. The van der Waals surface area contributed by atoms with Crippen molar-refractivity contribution in [3.8, 4) is 5.75 Å². The van der Waals surface area contributed by atoms with E-state index in [0.29, 0.717) is 23.2 Å². The highest BCUT2D eigenvalue weighted by Gasteiger charge is 2.20. The molecule has 0 aromatic heterocycles. The molecule has 0 spiro atoms. The van der Waals surface area contributed by atoms with E-state index in [1.54, 1.807) is 13.0 Å². The summed E-state index contributed by atoms with van der Waals surface area (Å²) >= 11 is 0. The number of carbonyl (C=O) groups excluding carboxylic acids is 3. The molecule has 1 aromatic carbocycles. The van der Waals surface area contributed by atoms with E-state index >= 15 is 0 Å². The first-order chi connectivity index (χ1) is 9.35. The van der Waals surface area contributed by atoms with Gasteiger partial charge in [-0.2, -0.15) is 0 Å². The fourth-order valence-corrected chi connectivity index (χ4v) is 1.36. The Hall–Kier alpha value is -2.43. The molecule has 0 aliphatic heterocycles. The van der Waals surface area contributed by atoms with Crippen LogP contribution in [0.1, 0.15) is 29.8 Å². The van der Waals surface area contributed by atoms with E-state index in [2.05, 4.69) is 6.58 Å². The van der Waals surface area contributed by atoms with E-state index in [0.717, 1.165) is 0 Å². The van der Waals surface area contributed by atoms with Crippen LogP contribution in [-0.4, -0.2) is 24.3 Å². The molecule has 0 N–H and O–H groups in total. The lowest BCUT2D eigenvalue weighted by atomic mass is 10.1. The lowest BCUT2D eigenvalue weighted by molar-refractivity contribution is -0.158. The predicted octanol–water partition coefficient (Wildman–Crippen LogP) is 2.22. The number of esters is 2. The smallest absolute Gasteiger partial charge is 0.352 e. The average Bonchev–Trinajstić information content (AvgIpc) is 2.40. The molecule has 106 valence electrons. The monoisotopic (exact) mass is 276 g/mol. The number of aldehydes is 1. The fourth-order valence-electron chi connectivity index (χ4n) is 1.36. The third-order valence-corrected chi connectivity index (χ3v) is 2.51. The molecule has 20 heavy (non-hydrogen) atoms. The molecule has 0 bridgehead atoms. The summed E-state index contributed by atoms with van der Waals surface area (Å²) < 4.78 is 9.99. The molecule has 1 aromatic rings. The van der Waals surface area contributed by atoms with Crippen LogP contribution in [0.15, 0.2) is 30.4 Å². The molecule has 0 aliphatic carbocycles. The van der Waals surface area contributed by atoms with Crippen LogP contribution in [0.25, 0.3) is 0 Å². The Bertz CT molecular complexity index is 559. The molecule has 0 radical (unpaired) electrons. The quantitative estimate of drug-likeness (QED) is 0.357. The number of rotatable bonds is 5. The third-order valence-electron chi connectivity index (χ3n) is 2.51. The van der Waals surface area contributed by atoms with Crippen molar-refractivity contribution in [1.82, 2.24) is 0 Å². The third kappa shape index (κ3) is 4.05. The van der Waals surface area contributed by atoms with Gasteiger partial charge in [0.15, 0.2) is 6.10 Å². The number of hydrogen-bond donors (Lipinski definition) is 0. The molecule has 0 saturated heterocycles. The molecular weight excluding hydrogens is 260 g/mol. The minimum Gasteiger partial charge on any atom is -0.447 e. The van der Waals surface area contributed by atoms with Crippen LogP contribution in [0, 0.1) is 6.92 Å². The standard InChI is InChI=1S/C15H16O5/c1-9(2)14(17)19-11(4)15(18)20-13-6-5-12(8-16)7-10(13)3/h5-8,11H,1H2,2-4H3. The molecule has 1 unspecified atom stereocenters. The molecule has 5 nitrogen and oxygen atoms in total. The predicted molar refractivity (Wildman–Crippen MR) is 72.6 cm³/mol. The van der Waals surface area contributed by atoms with Gasteiger partial charge in [-0.3, -0.25) is 4.79 Å². The van der Waals surface area contributed by atoms with Crippen molar-refractivity contribution >= 4 is 18.2 Å². The maximum Gasteiger partial charge on any atom is 0.352 e. The first-order valence-corrected chi connectivity index (χ1v) is 5.99. The molecule has 1 atom stereocenters. The van der Waals surface area contributed by atoms with Gasteiger partial charge in [0.2, 0.25) is 0 Å². The Kier molecular flexibility index (Phi) is 5.20. The lowest BCUT2D eigenvalue weighted by Gasteiger charge is -2.13. The number of hydrogen-bond acceptors (Lipinski definition) is 5. The zero-order chi connectivity index (χ0) is 15.3. The highest BCUT2D eigenvalue weighted by atomic mass is 16.6. The number of ether oxygens (including phenoxy) is 2. The Balaban J connectivity index is 2.73. The van der Waals surface area contributed by atoms with Crippen LogP contribution >= 0.6 is 0 Å². The summed E-state index contributed by atoms with van der Waals surface area (Å²) in [7, 11) is 0. The maximum absolute atomic E-state index is 11.8. The molecule has 0 heterocycles. The second-order valence-electron chi connectivity index (χ2n) is 4.39. The van der Waals surface area contributed by atoms with Crippen molar-refractivity contribution in [1.29, 1.82) is 0 Å². The minimum atomic E-state index is -1.04. The lowest BCUT2D eigenvalue weighted by Crippen LogP contribution is -2.28. The largest absolute Gasteiger partial charge is 0.447 e. The Morgan fingerprint density at radius 3 is 2.50 bits per heavy atom. The van der Waals surface area contributed by atoms with Gasteiger partial charge in [0.05, 0.1) is 0 Å². The van der Waals surface area contributed by atoms with Crippen molar-refractivity contribution in [3.05, 3.63) is 41.5 Å². The van der Waals surface area contributed by atoms with Crippen LogP contribution < -0.4 is 4.74 Å². The van der Waals surface area contributed by atoms with Crippen LogP contribution in [0.5, 0.6) is 5.75 Å². The highest BCUT2D eigenvalue weighted by Crippen LogP contribution is 2.19. The van der Waals surface area contributed by atoms with Crippen molar-refractivity contribution in [3.63, 3.8) is 0 Å². The fraction of sp³-hybridized carbons (Fsp3) is 0.267. The van der Waals surface area contributed by atoms with Crippen LogP contribution in [0.3, 0.4) is 0 Å². The van der Waals surface area contributed by atoms with Crippen molar-refractivity contribution in [2.24, 2.45) is 0 Å². The topological polar surface area (TPSA) is 69.7 Å². The number of carbonyl (C=O) groups is 3. The normalized spacial score (nSPS) is 11.3. The van der Waals surface area contributed by atoms with Gasteiger partial charge >= 0.3 is 11.9 Å². The summed E-state index contributed by atoms with van der Waals surface area (Å²) in [4.78, 5) is 33.7. The molecular formula is C15H16O5. The second-order valence-corrected chi connectivity index (χ2v) is 4.39.